The summed E-state index contributed by atoms with van der Waals surface area (Å²) in [6.07, 6.45) is 5.16. The molecule has 0 spiro atoms. The zero-order valence-corrected chi connectivity index (χ0v) is 11.9. The summed E-state index contributed by atoms with van der Waals surface area (Å²) in [5, 5.41) is 10.3. The van der Waals surface area contributed by atoms with Crippen molar-refractivity contribution in [3.8, 4) is 0 Å². The van der Waals surface area contributed by atoms with Gasteiger partial charge in [0.2, 0.25) is 0 Å². The Labute approximate surface area is 115 Å². The van der Waals surface area contributed by atoms with Gasteiger partial charge in [0.1, 0.15) is 5.60 Å². The van der Waals surface area contributed by atoms with E-state index in [4.69, 9.17) is 4.74 Å². The van der Waals surface area contributed by atoms with Gasteiger partial charge in [-0.25, -0.2) is 4.79 Å². The molecule has 3 aliphatic rings. The van der Waals surface area contributed by atoms with Crippen LogP contribution in [0.15, 0.2) is 12.2 Å². The van der Waals surface area contributed by atoms with Gasteiger partial charge in [-0.1, -0.05) is 6.58 Å². The standard InChI is InChI=1S/C16H24O3/c1-9(2)15(18)19-16(10(3)17)7-6-13-11-4-5-12(8-11)14(13)16/h10-14,17H,1,4-8H2,2-3H3. The molecule has 0 saturated heterocycles. The molecule has 106 valence electrons. The minimum Gasteiger partial charge on any atom is -0.453 e. The lowest BCUT2D eigenvalue weighted by Crippen LogP contribution is -2.51. The van der Waals surface area contributed by atoms with E-state index in [1.807, 2.05) is 0 Å². The fraction of sp³-hybridized carbons (Fsp3) is 0.812. The molecule has 3 rings (SSSR count). The zero-order valence-electron chi connectivity index (χ0n) is 11.9. The van der Waals surface area contributed by atoms with Crippen molar-refractivity contribution in [2.45, 2.75) is 57.7 Å². The summed E-state index contributed by atoms with van der Waals surface area (Å²) in [5.41, 5.74) is -0.229. The smallest absolute Gasteiger partial charge is 0.333 e. The average molecular weight is 264 g/mol. The second kappa shape index (κ2) is 4.34. The average Bonchev–Trinajstić information content (AvgIpc) is 3.00. The summed E-state index contributed by atoms with van der Waals surface area (Å²) in [6, 6.07) is 0. The van der Waals surface area contributed by atoms with Crippen LogP contribution >= 0.6 is 0 Å². The lowest BCUT2D eigenvalue weighted by Gasteiger charge is -2.41. The van der Waals surface area contributed by atoms with E-state index in [1.54, 1.807) is 13.8 Å². The molecule has 0 amide bonds. The molecule has 0 aromatic carbocycles. The zero-order chi connectivity index (χ0) is 13.8. The molecule has 6 unspecified atom stereocenters. The van der Waals surface area contributed by atoms with Crippen molar-refractivity contribution < 1.29 is 14.6 Å². The number of aliphatic hydroxyl groups is 1. The van der Waals surface area contributed by atoms with Gasteiger partial charge in [0, 0.05) is 11.5 Å². The summed E-state index contributed by atoms with van der Waals surface area (Å²) in [6.45, 7) is 7.11. The molecular weight excluding hydrogens is 240 g/mol. The first-order valence-corrected chi connectivity index (χ1v) is 7.52. The highest BCUT2D eigenvalue weighted by Crippen LogP contribution is 2.63. The van der Waals surface area contributed by atoms with E-state index in [9.17, 15) is 9.90 Å². The molecule has 3 saturated carbocycles. The lowest BCUT2D eigenvalue weighted by molar-refractivity contribution is -0.179. The molecule has 2 bridgehead atoms. The molecule has 3 fully saturated rings. The monoisotopic (exact) mass is 264 g/mol. The van der Waals surface area contributed by atoms with Gasteiger partial charge >= 0.3 is 5.97 Å². The van der Waals surface area contributed by atoms with Crippen LogP contribution in [-0.2, 0) is 9.53 Å². The normalized spacial score (nSPS) is 45.0. The number of fused-ring (bicyclic) bond motifs is 5. The van der Waals surface area contributed by atoms with Crippen LogP contribution in [0.2, 0.25) is 0 Å². The Hall–Kier alpha value is -0.830. The van der Waals surface area contributed by atoms with Gasteiger partial charge in [-0.3, -0.25) is 0 Å². The Bertz CT molecular complexity index is 414. The van der Waals surface area contributed by atoms with Crippen LogP contribution in [0.25, 0.3) is 0 Å². The molecule has 0 aromatic heterocycles. The number of carbonyl (C=O) groups excluding carboxylic acids is 1. The number of esters is 1. The van der Waals surface area contributed by atoms with Gasteiger partial charge in [0.05, 0.1) is 6.10 Å². The van der Waals surface area contributed by atoms with Gasteiger partial charge in [0.15, 0.2) is 0 Å². The second-order valence-electron chi connectivity index (χ2n) is 6.86. The molecule has 0 aliphatic heterocycles. The first-order chi connectivity index (χ1) is 8.95. The van der Waals surface area contributed by atoms with Crippen molar-refractivity contribution in [3.63, 3.8) is 0 Å². The summed E-state index contributed by atoms with van der Waals surface area (Å²) >= 11 is 0. The van der Waals surface area contributed by atoms with E-state index in [1.165, 1.54) is 19.3 Å². The first-order valence-electron chi connectivity index (χ1n) is 7.52. The van der Waals surface area contributed by atoms with Crippen molar-refractivity contribution in [2.75, 3.05) is 0 Å². The van der Waals surface area contributed by atoms with E-state index in [-0.39, 0.29) is 5.97 Å². The number of hydrogen-bond donors (Lipinski definition) is 1. The van der Waals surface area contributed by atoms with Crippen LogP contribution in [0.4, 0.5) is 0 Å². The van der Waals surface area contributed by atoms with Crippen LogP contribution in [-0.4, -0.2) is 22.8 Å². The second-order valence-corrected chi connectivity index (χ2v) is 6.86. The maximum absolute atomic E-state index is 12.0. The molecular formula is C16H24O3. The van der Waals surface area contributed by atoms with E-state index < -0.39 is 11.7 Å². The van der Waals surface area contributed by atoms with Crippen LogP contribution in [0, 0.1) is 23.7 Å². The highest BCUT2D eigenvalue weighted by atomic mass is 16.6. The number of rotatable bonds is 3. The molecule has 0 radical (unpaired) electrons. The third kappa shape index (κ3) is 1.78. The largest absolute Gasteiger partial charge is 0.453 e. The quantitative estimate of drug-likeness (QED) is 0.629. The molecule has 3 nitrogen and oxygen atoms in total. The van der Waals surface area contributed by atoms with Gasteiger partial charge in [0.25, 0.3) is 0 Å². The molecule has 6 atom stereocenters. The number of aliphatic hydroxyl groups excluding tert-OH is 1. The SMILES string of the molecule is C=C(C)C(=O)OC1(C(C)O)CCC2C3CCC(C3)C21. The molecule has 19 heavy (non-hydrogen) atoms. The minimum atomic E-state index is -0.652. The molecule has 0 aromatic rings. The third-order valence-electron chi connectivity index (χ3n) is 5.86. The summed E-state index contributed by atoms with van der Waals surface area (Å²) < 4.78 is 5.80. The molecule has 1 N–H and O–H groups in total. The number of hydrogen-bond acceptors (Lipinski definition) is 3. The maximum Gasteiger partial charge on any atom is 0.333 e. The van der Waals surface area contributed by atoms with Crippen molar-refractivity contribution in [3.05, 3.63) is 12.2 Å². The van der Waals surface area contributed by atoms with Crippen LogP contribution < -0.4 is 0 Å². The molecule has 3 heteroatoms. The van der Waals surface area contributed by atoms with E-state index in [0.29, 0.717) is 23.3 Å². The van der Waals surface area contributed by atoms with Gasteiger partial charge in [-0.2, -0.15) is 0 Å². The van der Waals surface area contributed by atoms with Crippen LogP contribution in [0.1, 0.15) is 46.0 Å². The Kier molecular flexibility index (Phi) is 3.01. The Morgan fingerprint density at radius 1 is 1.37 bits per heavy atom. The topological polar surface area (TPSA) is 46.5 Å². The summed E-state index contributed by atoms with van der Waals surface area (Å²) in [7, 11) is 0. The summed E-state index contributed by atoms with van der Waals surface area (Å²) in [5.74, 6) is 2.13. The van der Waals surface area contributed by atoms with E-state index in [2.05, 4.69) is 6.58 Å². The maximum atomic E-state index is 12.0. The molecule has 0 heterocycles. The fourth-order valence-corrected chi connectivity index (χ4v) is 5.10. The minimum absolute atomic E-state index is 0.343. The van der Waals surface area contributed by atoms with Crippen molar-refractivity contribution >= 4 is 5.97 Å². The Morgan fingerprint density at radius 3 is 2.68 bits per heavy atom. The molecule has 3 aliphatic carbocycles. The summed E-state index contributed by atoms with van der Waals surface area (Å²) in [4.78, 5) is 12.0. The predicted octanol–water partition coefficient (Wildman–Crippen LogP) is 2.68. The van der Waals surface area contributed by atoms with Crippen LogP contribution in [0.3, 0.4) is 0 Å². The third-order valence-corrected chi connectivity index (χ3v) is 5.86. The number of ether oxygens (including phenoxy) is 1. The van der Waals surface area contributed by atoms with E-state index >= 15 is 0 Å². The van der Waals surface area contributed by atoms with Gasteiger partial charge in [-0.05, 0) is 63.7 Å². The predicted molar refractivity (Wildman–Crippen MR) is 72.4 cm³/mol. The highest BCUT2D eigenvalue weighted by Gasteiger charge is 2.63. The highest BCUT2D eigenvalue weighted by molar-refractivity contribution is 5.87. The van der Waals surface area contributed by atoms with Crippen LogP contribution in [0.5, 0.6) is 0 Å². The lowest BCUT2D eigenvalue weighted by atomic mass is 9.73. The van der Waals surface area contributed by atoms with Crippen molar-refractivity contribution in [1.82, 2.24) is 0 Å². The Morgan fingerprint density at radius 2 is 2.05 bits per heavy atom. The Balaban J connectivity index is 1.89. The van der Waals surface area contributed by atoms with E-state index in [0.717, 1.165) is 18.8 Å². The number of carbonyl (C=O) groups is 1. The fourth-order valence-electron chi connectivity index (χ4n) is 5.10. The van der Waals surface area contributed by atoms with Crippen molar-refractivity contribution in [1.29, 1.82) is 0 Å². The van der Waals surface area contributed by atoms with Gasteiger partial charge < -0.3 is 9.84 Å². The van der Waals surface area contributed by atoms with Crippen molar-refractivity contribution in [2.24, 2.45) is 23.7 Å². The van der Waals surface area contributed by atoms with Gasteiger partial charge in [-0.15, -0.1) is 0 Å². The first kappa shape index (κ1) is 13.2.